The lowest BCUT2D eigenvalue weighted by atomic mass is 9.99. The third kappa shape index (κ3) is 3.61. The van der Waals surface area contributed by atoms with Crippen molar-refractivity contribution in [3.8, 4) is 11.6 Å². The average Bonchev–Trinajstić information content (AvgIpc) is 2.98. The van der Waals surface area contributed by atoms with Crippen molar-refractivity contribution in [3.63, 3.8) is 0 Å². The van der Waals surface area contributed by atoms with E-state index in [0.717, 1.165) is 10.0 Å². The standard InChI is InChI=1S/C21H14BrNO4/c22-13-5-3-6-14(11-13)26-20-17(9-4-10-23-20)18(24)12-19-15-7-1-2-8-16(15)21(25)27-19/h1-11,19H,12H2. The van der Waals surface area contributed by atoms with Crippen LogP contribution in [0.5, 0.6) is 11.6 Å². The summed E-state index contributed by atoms with van der Waals surface area (Å²) in [5.74, 6) is 0.177. The van der Waals surface area contributed by atoms with Gasteiger partial charge in [-0.25, -0.2) is 9.78 Å². The van der Waals surface area contributed by atoms with E-state index in [0.29, 0.717) is 16.9 Å². The number of halogens is 1. The number of pyridine rings is 1. The van der Waals surface area contributed by atoms with Gasteiger partial charge in [0, 0.05) is 16.2 Å². The van der Waals surface area contributed by atoms with Gasteiger partial charge in [-0.15, -0.1) is 0 Å². The van der Waals surface area contributed by atoms with Gasteiger partial charge in [-0.2, -0.15) is 0 Å². The monoisotopic (exact) mass is 423 g/mol. The minimum absolute atomic E-state index is 0.0310. The van der Waals surface area contributed by atoms with Crippen LogP contribution in [0.2, 0.25) is 0 Å². The molecule has 0 radical (unpaired) electrons. The first kappa shape index (κ1) is 17.4. The molecule has 1 aliphatic heterocycles. The molecule has 0 bridgehead atoms. The number of carbonyl (C=O) groups excluding carboxylic acids is 2. The zero-order valence-corrected chi connectivity index (χ0v) is 15.7. The fourth-order valence-electron chi connectivity index (χ4n) is 2.98. The normalized spacial score (nSPS) is 15.1. The van der Waals surface area contributed by atoms with Crippen molar-refractivity contribution in [1.29, 1.82) is 0 Å². The summed E-state index contributed by atoms with van der Waals surface area (Å²) in [5.41, 5.74) is 1.58. The van der Waals surface area contributed by atoms with E-state index in [1.807, 2.05) is 18.2 Å². The molecule has 134 valence electrons. The quantitative estimate of drug-likeness (QED) is 0.420. The molecule has 0 saturated heterocycles. The molecule has 0 aliphatic carbocycles. The maximum absolute atomic E-state index is 12.9. The molecule has 6 heteroatoms. The molecule has 4 rings (SSSR count). The number of carbonyl (C=O) groups is 2. The Morgan fingerprint density at radius 3 is 2.81 bits per heavy atom. The predicted molar refractivity (Wildman–Crippen MR) is 102 cm³/mol. The SMILES string of the molecule is O=C1OC(CC(=O)c2cccnc2Oc2cccc(Br)c2)c2ccccc21. The van der Waals surface area contributed by atoms with Crippen molar-refractivity contribution in [2.45, 2.75) is 12.5 Å². The molecule has 2 heterocycles. The van der Waals surface area contributed by atoms with Crippen molar-refractivity contribution in [3.05, 3.63) is 88.0 Å². The summed E-state index contributed by atoms with van der Waals surface area (Å²) in [6.07, 6.45) is 0.998. The van der Waals surface area contributed by atoms with Gasteiger partial charge in [0.25, 0.3) is 0 Å². The van der Waals surface area contributed by atoms with E-state index in [2.05, 4.69) is 20.9 Å². The van der Waals surface area contributed by atoms with Crippen molar-refractivity contribution in [2.75, 3.05) is 0 Å². The number of esters is 1. The average molecular weight is 424 g/mol. The minimum atomic E-state index is -0.597. The zero-order valence-electron chi connectivity index (χ0n) is 14.1. The second-order valence-electron chi connectivity index (χ2n) is 6.02. The number of aromatic nitrogens is 1. The first-order valence-corrected chi connectivity index (χ1v) is 9.12. The second kappa shape index (κ2) is 7.32. The summed E-state index contributed by atoms with van der Waals surface area (Å²) >= 11 is 3.39. The van der Waals surface area contributed by atoms with Gasteiger partial charge in [0.2, 0.25) is 5.88 Å². The summed E-state index contributed by atoms with van der Waals surface area (Å²) in [5, 5.41) is 0. The molecule has 1 atom stereocenters. The number of nitrogens with zero attached hydrogens (tertiary/aromatic N) is 1. The molecule has 1 aliphatic rings. The molecule has 3 aromatic rings. The Labute approximate surface area is 164 Å². The lowest BCUT2D eigenvalue weighted by Crippen LogP contribution is -2.09. The Morgan fingerprint density at radius 1 is 1.11 bits per heavy atom. The van der Waals surface area contributed by atoms with Crippen LogP contribution in [-0.2, 0) is 4.74 Å². The Balaban J connectivity index is 1.57. The Kier molecular flexibility index (Phi) is 4.73. The van der Waals surface area contributed by atoms with E-state index in [1.165, 1.54) is 0 Å². The largest absolute Gasteiger partial charge is 0.453 e. The smallest absolute Gasteiger partial charge is 0.339 e. The minimum Gasteiger partial charge on any atom is -0.453 e. The number of rotatable bonds is 5. The summed E-state index contributed by atoms with van der Waals surface area (Å²) in [6.45, 7) is 0. The van der Waals surface area contributed by atoms with Crippen molar-refractivity contribution in [2.24, 2.45) is 0 Å². The van der Waals surface area contributed by atoms with E-state index in [1.54, 1.807) is 48.7 Å². The fourth-order valence-corrected chi connectivity index (χ4v) is 3.35. The van der Waals surface area contributed by atoms with Crippen LogP contribution in [0.4, 0.5) is 0 Å². The van der Waals surface area contributed by atoms with Gasteiger partial charge in [-0.05, 0) is 36.4 Å². The van der Waals surface area contributed by atoms with Crippen LogP contribution in [-0.4, -0.2) is 16.7 Å². The third-order valence-corrected chi connectivity index (χ3v) is 4.72. The molecule has 0 fully saturated rings. The summed E-state index contributed by atoms with van der Waals surface area (Å²) < 4.78 is 12.0. The van der Waals surface area contributed by atoms with Gasteiger partial charge in [0.15, 0.2) is 5.78 Å². The maximum Gasteiger partial charge on any atom is 0.339 e. The van der Waals surface area contributed by atoms with Gasteiger partial charge in [-0.1, -0.05) is 40.2 Å². The van der Waals surface area contributed by atoms with E-state index < -0.39 is 12.1 Å². The number of Topliss-reactive ketones (excluding diaryl/α,β-unsaturated/α-hetero) is 1. The van der Waals surface area contributed by atoms with Gasteiger partial charge in [-0.3, -0.25) is 4.79 Å². The number of benzene rings is 2. The number of fused-ring (bicyclic) bond motifs is 1. The van der Waals surface area contributed by atoms with E-state index in [-0.39, 0.29) is 18.1 Å². The molecule has 5 nitrogen and oxygen atoms in total. The number of ether oxygens (including phenoxy) is 2. The summed E-state index contributed by atoms with van der Waals surface area (Å²) in [4.78, 5) is 29.0. The van der Waals surface area contributed by atoms with E-state index >= 15 is 0 Å². The first-order chi connectivity index (χ1) is 13.1. The van der Waals surface area contributed by atoms with Gasteiger partial charge < -0.3 is 9.47 Å². The molecule has 27 heavy (non-hydrogen) atoms. The molecule has 0 spiro atoms. The maximum atomic E-state index is 12.9. The molecular formula is C21H14BrNO4. The van der Waals surface area contributed by atoms with Crippen LogP contribution in [0, 0.1) is 0 Å². The number of cyclic esters (lactones) is 1. The van der Waals surface area contributed by atoms with E-state index in [4.69, 9.17) is 9.47 Å². The van der Waals surface area contributed by atoms with Gasteiger partial charge in [0.05, 0.1) is 17.5 Å². The van der Waals surface area contributed by atoms with Crippen molar-refractivity contribution < 1.29 is 19.1 Å². The summed E-state index contributed by atoms with van der Waals surface area (Å²) in [7, 11) is 0. The molecule has 0 saturated carbocycles. The van der Waals surface area contributed by atoms with Crippen LogP contribution in [0.1, 0.15) is 38.8 Å². The topological polar surface area (TPSA) is 65.5 Å². The van der Waals surface area contributed by atoms with Crippen LogP contribution >= 0.6 is 15.9 Å². The van der Waals surface area contributed by atoms with Crippen LogP contribution < -0.4 is 4.74 Å². The Morgan fingerprint density at radius 2 is 1.96 bits per heavy atom. The lowest BCUT2D eigenvalue weighted by Gasteiger charge is -2.12. The van der Waals surface area contributed by atoms with Gasteiger partial charge in [0.1, 0.15) is 11.9 Å². The predicted octanol–water partition coefficient (Wildman–Crippen LogP) is 5.12. The molecule has 2 aromatic carbocycles. The number of hydrogen-bond donors (Lipinski definition) is 0. The zero-order chi connectivity index (χ0) is 18.8. The summed E-state index contributed by atoms with van der Waals surface area (Å²) in [6, 6.07) is 17.7. The lowest BCUT2D eigenvalue weighted by molar-refractivity contribution is 0.0367. The van der Waals surface area contributed by atoms with Crippen LogP contribution in [0.25, 0.3) is 0 Å². The van der Waals surface area contributed by atoms with Crippen LogP contribution in [0.3, 0.4) is 0 Å². The highest BCUT2D eigenvalue weighted by Crippen LogP contribution is 2.35. The van der Waals surface area contributed by atoms with E-state index in [9.17, 15) is 9.59 Å². The first-order valence-electron chi connectivity index (χ1n) is 8.33. The fraction of sp³-hybridized carbons (Fsp3) is 0.0952. The Bertz CT molecular complexity index is 1030. The Hall–Kier alpha value is -2.99. The molecule has 1 aromatic heterocycles. The number of hydrogen-bond acceptors (Lipinski definition) is 5. The van der Waals surface area contributed by atoms with Crippen molar-refractivity contribution in [1.82, 2.24) is 4.98 Å². The second-order valence-corrected chi connectivity index (χ2v) is 6.94. The molecule has 1 unspecified atom stereocenters. The highest BCUT2D eigenvalue weighted by molar-refractivity contribution is 9.10. The highest BCUT2D eigenvalue weighted by atomic mass is 79.9. The number of ketones is 1. The third-order valence-electron chi connectivity index (χ3n) is 4.23. The van der Waals surface area contributed by atoms with Crippen LogP contribution in [0.15, 0.2) is 71.3 Å². The highest BCUT2D eigenvalue weighted by Gasteiger charge is 2.33. The molecule has 0 amide bonds. The van der Waals surface area contributed by atoms with Crippen molar-refractivity contribution >= 4 is 27.7 Å². The molecular weight excluding hydrogens is 410 g/mol. The molecule has 0 N–H and O–H groups in total. The van der Waals surface area contributed by atoms with Gasteiger partial charge >= 0.3 is 5.97 Å².